The van der Waals surface area contributed by atoms with Crippen molar-refractivity contribution in [3.8, 4) is 6.07 Å². The summed E-state index contributed by atoms with van der Waals surface area (Å²) in [7, 11) is 0. The second-order valence-corrected chi connectivity index (χ2v) is 2.93. The summed E-state index contributed by atoms with van der Waals surface area (Å²) in [4.78, 5) is 7.17. The van der Waals surface area contributed by atoms with Gasteiger partial charge in [-0.2, -0.15) is 5.26 Å². The van der Waals surface area contributed by atoms with E-state index in [-0.39, 0.29) is 21.0 Å². The molecule has 0 saturated heterocycles. The van der Waals surface area contributed by atoms with Crippen LogP contribution < -0.4 is 0 Å². The van der Waals surface area contributed by atoms with E-state index in [0.717, 1.165) is 0 Å². The molecular weight excluding hydrogens is 221 g/mol. The molecule has 0 aliphatic carbocycles. The number of hydrogen-bond donors (Lipinski definition) is 1. The Labute approximate surface area is 82.4 Å². The number of hydrogen-bond acceptors (Lipinski definition) is 5. The highest BCUT2D eigenvalue weighted by Crippen LogP contribution is 2.22. The topological polar surface area (TPSA) is 69.8 Å². The van der Waals surface area contributed by atoms with Crippen LogP contribution in [-0.4, -0.2) is 14.5 Å². The van der Waals surface area contributed by atoms with E-state index in [9.17, 15) is 0 Å². The standard InChI is InChI=1S/C5HCl2N3OS/c6-3-2(1-8)4(7)10-5(9-3)12-11/h11H. The lowest BCUT2D eigenvalue weighted by Gasteiger charge is -1.97. The van der Waals surface area contributed by atoms with Crippen LogP contribution in [0.3, 0.4) is 0 Å². The maximum Gasteiger partial charge on any atom is 0.217 e. The molecule has 0 aliphatic rings. The third-order valence-corrected chi connectivity index (χ3v) is 1.89. The van der Waals surface area contributed by atoms with E-state index in [1.807, 2.05) is 0 Å². The van der Waals surface area contributed by atoms with Gasteiger partial charge in [-0.05, 0) is 0 Å². The van der Waals surface area contributed by atoms with Gasteiger partial charge in [0.2, 0.25) is 5.16 Å². The molecule has 1 aromatic rings. The molecule has 12 heavy (non-hydrogen) atoms. The number of nitriles is 1. The zero-order valence-corrected chi connectivity index (χ0v) is 7.78. The molecule has 0 saturated carbocycles. The molecule has 1 rings (SSSR count). The van der Waals surface area contributed by atoms with Gasteiger partial charge in [0, 0.05) is 0 Å². The molecule has 0 spiro atoms. The van der Waals surface area contributed by atoms with Gasteiger partial charge in [0.15, 0.2) is 10.3 Å². The van der Waals surface area contributed by atoms with E-state index < -0.39 is 0 Å². The van der Waals surface area contributed by atoms with E-state index >= 15 is 0 Å². The second-order valence-electron chi connectivity index (χ2n) is 1.67. The molecule has 0 bridgehead atoms. The molecule has 0 aromatic carbocycles. The van der Waals surface area contributed by atoms with Gasteiger partial charge in [0.1, 0.15) is 11.6 Å². The summed E-state index contributed by atoms with van der Waals surface area (Å²) in [5, 5.41) is 8.39. The molecule has 0 aliphatic heterocycles. The lowest BCUT2D eigenvalue weighted by molar-refractivity contribution is 0.654. The van der Waals surface area contributed by atoms with Crippen LogP contribution in [-0.2, 0) is 0 Å². The molecule has 0 unspecified atom stereocenters. The molecule has 4 nitrogen and oxygen atoms in total. The Morgan fingerprint density at radius 2 is 1.83 bits per heavy atom. The summed E-state index contributed by atoms with van der Waals surface area (Å²) in [6.45, 7) is 0. The van der Waals surface area contributed by atoms with Crippen molar-refractivity contribution in [2.24, 2.45) is 0 Å². The van der Waals surface area contributed by atoms with Crippen molar-refractivity contribution in [1.29, 1.82) is 5.26 Å². The fourth-order valence-corrected chi connectivity index (χ4v) is 1.36. The lowest BCUT2D eigenvalue weighted by Crippen LogP contribution is -1.92. The zero-order valence-electron chi connectivity index (χ0n) is 5.45. The van der Waals surface area contributed by atoms with E-state index in [1.165, 1.54) is 0 Å². The Morgan fingerprint density at radius 3 is 2.17 bits per heavy atom. The van der Waals surface area contributed by atoms with Crippen LogP contribution >= 0.6 is 35.2 Å². The first-order valence-corrected chi connectivity index (χ1v) is 4.16. The minimum Gasteiger partial charge on any atom is -0.323 e. The van der Waals surface area contributed by atoms with Crippen molar-refractivity contribution >= 4 is 35.2 Å². The van der Waals surface area contributed by atoms with Gasteiger partial charge in [-0.1, -0.05) is 23.2 Å². The fourth-order valence-electron chi connectivity index (χ4n) is 0.523. The smallest absolute Gasteiger partial charge is 0.217 e. The average Bonchev–Trinajstić information content (AvgIpc) is 2.03. The van der Waals surface area contributed by atoms with Crippen molar-refractivity contribution in [2.75, 3.05) is 0 Å². The molecule has 1 aromatic heterocycles. The summed E-state index contributed by atoms with van der Waals surface area (Å²) in [6, 6.07) is 1.74. The molecule has 0 amide bonds. The quantitative estimate of drug-likeness (QED) is 0.448. The summed E-state index contributed by atoms with van der Waals surface area (Å²) >= 11 is 11.4. The van der Waals surface area contributed by atoms with Crippen molar-refractivity contribution < 1.29 is 4.55 Å². The molecule has 0 atom stereocenters. The second kappa shape index (κ2) is 3.92. The largest absolute Gasteiger partial charge is 0.323 e. The summed E-state index contributed by atoms with van der Waals surface area (Å²) in [5.41, 5.74) is 0.0103. The zero-order chi connectivity index (χ0) is 9.14. The van der Waals surface area contributed by atoms with Crippen molar-refractivity contribution in [3.63, 3.8) is 0 Å². The third kappa shape index (κ3) is 1.79. The Morgan fingerprint density at radius 1 is 1.33 bits per heavy atom. The Bertz CT molecular complexity index is 328. The van der Waals surface area contributed by atoms with Gasteiger partial charge in [0.25, 0.3) is 0 Å². The number of aromatic nitrogens is 2. The molecule has 7 heteroatoms. The number of nitrogens with zero attached hydrogens (tertiary/aromatic N) is 3. The first-order chi connectivity index (χ1) is 5.69. The Balaban J connectivity index is 3.30. The van der Waals surface area contributed by atoms with Crippen LogP contribution in [0.4, 0.5) is 0 Å². The normalized spacial score (nSPS) is 9.50. The molecule has 0 fully saturated rings. The van der Waals surface area contributed by atoms with Crippen LogP contribution in [0.1, 0.15) is 5.56 Å². The minimum absolute atomic E-state index is 0.0103. The van der Waals surface area contributed by atoms with Crippen molar-refractivity contribution in [3.05, 3.63) is 15.9 Å². The van der Waals surface area contributed by atoms with Crippen LogP contribution in [0.2, 0.25) is 10.3 Å². The first kappa shape index (κ1) is 9.55. The summed E-state index contributed by atoms with van der Waals surface area (Å²) in [5.74, 6) is 0. The van der Waals surface area contributed by atoms with Crippen molar-refractivity contribution in [2.45, 2.75) is 5.16 Å². The molecule has 1 heterocycles. The number of halogens is 2. The maximum absolute atomic E-state index is 8.54. The Kier molecular flexibility index (Phi) is 3.12. The summed E-state index contributed by atoms with van der Waals surface area (Å²) < 4.78 is 8.54. The van der Waals surface area contributed by atoms with Crippen LogP contribution in [0.25, 0.3) is 0 Å². The molecule has 1 N–H and O–H groups in total. The SMILES string of the molecule is N#Cc1c(Cl)nc(SO)nc1Cl. The predicted molar refractivity (Wildman–Crippen MR) is 45.3 cm³/mol. The minimum atomic E-state index is -0.0611. The van der Waals surface area contributed by atoms with Crippen LogP contribution in [0, 0.1) is 11.3 Å². The van der Waals surface area contributed by atoms with Crippen LogP contribution in [0.5, 0.6) is 0 Å². The fraction of sp³-hybridized carbons (Fsp3) is 0. The molecule has 62 valence electrons. The van der Waals surface area contributed by atoms with Gasteiger partial charge in [-0.3, -0.25) is 0 Å². The predicted octanol–water partition coefficient (Wildman–Crippen LogP) is 2.22. The van der Waals surface area contributed by atoms with Gasteiger partial charge in [0.05, 0.1) is 12.0 Å². The Hall–Kier alpha value is -0.540. The first-order valence-electron chi connectivity index (χ1n) is 2.63. The van der Waals surface area contributed by atoms with Gasteiger partial charge in [-0.25, -0.2) is 9.97 Å². The highest BCUT2D eigenvalue weighted by atomic mass is 35.5. The van der Waals surface area contributed by atoms with Gasteiger partial charge >= 0.3 is 0 Å². The summed E-state index contributed by atoms with van der Waals surface area (Å²) in [6.07, 6.45) is 0. The van der Waals surface area contributed by atoms with E-state index in [2.05, 4.69) is 9.97 Å². The van der Waals surface area contributed by atoms with Gasteiger partial charge < -0.3 is 4.55 Å². The van der Waals surface area contributed by atoms with E-state index in [0.29, 0.717) is 12.0 Å². The van der Waals surface area contributed by atoms with Crippen molar-refractivity contribution in [1.82, 2.24) is 9.97 Å². The van der Waals surface area contributed by atoms with Crippen LogP contribution in [0.15, 0.2) is 5.16 Å². The highest BCUT2D eigenvalue weighted by molar-refractivity contribution is 7.93. The molecular formula is C5HCl2N3OS. The van der Waals surface area contributed by atoms with E-state index in [1.54, 1.807) is 6.07 Å². The third-order valence-electron chi connectivity index (χ3n) is 0.994. The van der Waals surface area contributed by atoms with Gasteiger partial charge in [-0.15, -0.1) is 0 Å². The highest BCUT2D eigenvalue weighted by Gasteiger charge is 2.10. The molecule has 0 radical (unpaired) electrons. The lowest BCUT2D eigenvalue weighted by atomic mass is 10.4. The number of rotatable bonds is 1. The van der Waals surface area contributed by atoms with E-state index in [4.69, 9.17) is 33.0 Å². The monoisotopic (exact) mass is 221 g/mol. The average molecular weight is 222 g/mol. The maximum atomic E-state index is 8.54.